The van der Waals surface area contributed by atoms with E-state index in [9.17, 15) is 4.79 Å². The standard InChI is InChI=1S/C20H25N3O/c1-16-6-8-18(9-7-16)21-20(24)15-22-10-12-23(13-11-22)19-5-3-4-17(2)14-19/h3-9,14H,10-13,15H2,1-2H3,(H,21,24). The molecule has 0 radical (unpaired) electrons. The van der Waals surface area contributed by atoms with Crippen molar-refractivity contribution < 1.29 is 4.79 Å². The zero-order valence-electron chi connectivity index (χ0n) is 14.5. The van der Waals surface area contributed by atoms with Crippen molar-refractivity contribution in [1.29, 1.82) is 0 Å². The minimum Gasteiger partial charge on any atom is -0.369 e. The molecule has 3 rings (SSSR count). The molecule has 0 spiro atoms. The third-order valence-corrected chi connectivity index (χ3v) is 4.44. The van der Waals surface area contributed by atoms with Crippen molar-refractivity contribution in [2.45, 2.75) is 13.8 Å². The van der Waals surface area contributed by atoms with Crippen LogP contribution in [-0.4, -0.2) is 43.5 Å². The number of amides is 1. The molecule has 1 fully saturated rings. The summed E-state index contributed by atoms with van der Waals surface area (Å²) in [5.41, 5.74) is 4.62. The van der Waals surface area contributed by atoms with E-state index in [4.69, 9.17) is 0 Å². The van der Waals surface area contributed by atoms with Gasteiger partial charge in [-0.1, -0.05) is 29.8 Å². The van der Waals surface area contributed by atoms with Crippen molar-refractivity contribution in [2.24, 2.45) is 0 Å². The van der Waals surface area contributed by atoms with Crippen molar-refractivity contribution in [3.63, 3.8) is 0 Å². The summed E-state index contributed by atoms with van der Waals surface area (Å²) in [5, 5.41) is 2.97. The Hall–Kier alpha value is -2.33. The summed E-state index contributed by atoms with van der Waals surface area (Å²) in [6, 6.07) is 16.5. The van der Waals surface area contributed by atoms with E-state index in [1.165, 1.54) is 16.8 Å². The van der Waals surface area contributed by atoms with Crippen LogP contribution in [0.4, 0.5) is 11.4 Å². The number of piperazine rings is 1. The Kier molecular flexibility index (Phi) is 5.16. The average Bonchev–Trinajstić information content (AvgIpc) is 2.58. The molecule has 4 nitrogen and oxygen atoms in total. The molecule has 126 valence electrons. The van der Waals surface area contributed by atoms with Crippen molar-refractivity contribution in [2.75, 3.05) is 42.9 Å². The average molecular weight is 323 g/mol. The van der Waals surface area contributed by atoms with E-state index in [2.05, 4.69) is 46.3 Å². The van der Waals surface area contributed by atoms with E-state index in [0.717, 1.165) is 31.9 Å². The highest BCUT2D eigenvalue weighted by molar-refractivity contribution is 5.92. The van der Waals surface area contributed by atoms with E-state index < -0.39 is 0 Å². The zero-order chi connectivity index (χ0) is 16.9. The lowest BCUT2D eigenvalue weighted by Gasteiger charge is -2.35. The first-order valence-corrected chi connectivity index (χ1v) is 8.51. The first-order chi connectivity index (χ1) is 11.6. The number of aryl methyl sites for hydroxylation is 2. The van der Waals surface area contributed by atoms with Crippen LogP contribution < -0.4 is 10.2 Å². The molecule has 0 aliphatic carbocycles. The third-order valence-electron chi connectivity index (χ3n) is 4.44. The summed E-state index contributed by atoms with van der Waals surface area (Å²) in [5.74, 6) is 0.0582. The number of hydrogen-bond acceptors (Lipinski definition) is 3. The summed E-state index contributed by atoms with van der Waals surface area (Å²) >= 11 is 0. The van der Waals surface area contributed by atoms with Crippen molar-refractivity contribution in [3.05, 3.63) is 59.7 Å². The van der Waals surface area contributed by atoms with Gasteiger partial charge in [0.05, 0.1) is 6.54 Å². The number of nitrogens with zero attached hydrogens (tertiary/aromatic N) is 2. The van der Waals surface area contributed by atoms with Gasteiger partial charge in [0.1, 0.15) is 0 Å². The molecular weight excluding hydrogens is 298 g/mol. The number of benzene rings is 2. The summed E-state index contributed by atoms with van der Waals surface area (Å²) < 4.78 is 0. The molecule has 2 aromatic carbocycles. The molecule has 0 bridgehead atoms. The molecule has 24 heavy (non-hydrogen) atoms. The van der Waals surface area contributed by atoms with Gasteiger partial charge in [0, 0.05) is 37.6 Å². The molecule has 1 saturated heterocycles. The molecular formula is C20H25N3O. The maximum Gasteiger partial charge on any atom is 0.238 e. The van der Waals surface area contributed by atoms with Crippen LogP contribution in [-0.2, 0) is 4.79 Å². The predicted molar refractivity (Wildman–Crippen MR) is 99.6 cm³/mol. The van der Waals surface area contributed by atoms with Crippen LogP contribution in [0, 0.1) is 13.8 Å². The molecule has 1 amide bonds. The Morgan fingerprint density at radius 2 is 1.67 bits per heavy atom. The summed E-state index contributed by atoms with van der Waals surface area (Å²) in [6.45, 7) is 8.36. The van der Waals surface area contributed by atoms with Crippen LogP contribution in [0.3, 0.4) is 0 Å². The monoisotopic (exact) mass is 323 g/mol. The highest BCUT2D eigenvalue weighted by Crippen LogP contribution is 2.17. The number of rotatable bonds is 4. The highest BCUT2D eigenvalue weighted by atomic mass is 16.2. The molecule has 0 saturated carbocycles. The largest absolute Gasteiger partial charge is 0.369 e. The first-order valence-electron chi connectivity index (χ1n) is 8.51. The van der Waals surface area contributed by atoms with Crippen molar-refractivity contribution in [1.82, 2.24) is 4.90 Å². The lowest BCUT2D eigenvalue weighted by molar-refractivity contribution is -0.117. The number of carbonyl (C=O) groups excluding carboxylic acids is 1. The van der Waals surface area contributed by atoms with Crippen LogP contribution in [0.25, 0.3) is 0 Å². The van der Waals surface area contributed by atoms with Crippen LogP contribution in [0.2, 0.25) is 0 Å². The van der Waals surface area contributed by atoms with E-state index in [0.29, 0.717) is 6.54 Å². The Bertz CT molecular complexity index is 688. The van der Waals surface area contributed by atoms with Gasteiger partial charge < -0.3 is 10.2 Å². The molecule has 1 aliphatic rings. The lowest BCUT2D eigenvalue weighted by Crippen LogP contribution is -2.48. The first kappa shape index (κ1) is 16.5. The van der Waals surface area contributed by atoms with Crippen molar-refractivity contribution in [3.8, 4) is 0 Å². The number of carbonyl (C=O) groups is 1. The normalized spacial score (nSPS) is 15.3. The summed E-state index contributed by atoms with van der Waals surface area (Å²) in [4.78, 5) is 16.8. The number of hydrogen-bond donors (Lipinski definition) is 1. The summed E-state index contributed by atoms with van der Waals surface area (Å²) in [6.07, 6.45) is 0. The topological polar surface area (TPSA) is 35.6 Å². The Morgan fingerprint density at radius 3 is 2.33 bits per heavy atom. The lowest BCUT2D eigenvalue weighted by atomic mass is 10.2. The van der Waals surface area contributed by atoms with Gasteiger partial charge >= 0.3 is 0 Å². The van der Waals surface area contributed by atoms with Crippen molar-refractivity contribution >= 4 is 17.3 Å². The Morgan fingerprint density at radius 1 is 0.958 bits per heavy atom. The molecule has 1 N–H and O–H groups in total. The molecule has 0 atom stereocenters. The second-order valence-corrected chi connectivity index (χ2v) is 6.52. The van der Waals surface area contributed by atoms with Gasteiger partial charge in [-0.3, -0.25) is 9.69 Å². The quantitative estimate of drug-likeness (QED) is 0.939. The smallest absolute Gasteiger partial charge is 0.238 e. The SMILES string of the molecule is Cc1ccc(NC(=O)CN2CCN(c3cccc(C)c3)CC2)cc1. The molecule has 2 aromatic rings. The maximum absolute atomic E-state index is 12.2. The molecule has 1 aliphatic heterocycles. The van der Waals surface area contributed by atoms with E-state index in [-0.39, 0.29) is 5.91 Å². The van der Waals surface area contributed by atoms with Gasteiger partial charge in [0.2, 0.25) is 5.91 Å². The van der Waals surface area contributed by atoms with Gasteiger partial charge in [-0.05, 0) is 43.7 Å². The minimum absolute atomic E-state index is 0.0582. The van der Waals surface area contributed by atoms with Crippen LogP contribution in [0.1, 0.15) is 11.1 Å². The second-order valence-electron chi connectivity index (χ2n) is 6.52. The van der Waals surface area contributed by atoms with Crippen LogP contribution >= 0.6 is 0 Å². The zero-order valence-corrected chi connectivity index (χ0v) is 14.5. The summed E-state index contributed by atoms with van der Waals surface area (Å²) in [7, 11) is 0. The van der Waals surface area contributed by atoms with E-state index in [1.54, 1.807) is 0 Å². The Balaban J connectivity index is 1.48. The van der Waals surface area contributed by atoms with Gasteiger partial charge in [0.15, 0.2) is 0 Å². The fourth-order valence-electron chi connectivity index (χ4n) is 3.03. The number of nitrogens with one attached hydrogen (secondary N) is 1. The van der Waals surface area contributed by atoms with Gasteiger partial charge in [-0.2, -0.15) is 0 Å². The van der Waals surface area contributed by atoms with Crippen LogP contribution in [0.15, 0.2) is 48.5 Å². The predicted octanol–water partition coefficient (Wildman–Crippen LogP) is 3.06. The highest BCUT2D eigenvalue weighted by Gasteiger charge is 2.19. The van der Waals surface area contributed by atoms with E-state index in [1.807, 2.05) is 31.2 Å². The third kappa shape index (κ3) is 4.36. The fraction of sp³-hybridized carbons (Fsp3) is 0.350. The Labute approximate surface area is 144 Å². The second kappa shape index (κ2) is 7.49. The fourth-order valence-corrected chi connectivity index (χ4v) is 3.03. The molecule has 4 heteroatoms. The maximum atomic E-state index is 12.2. The van der Waals surface area contributed by atoms with Gasteiger partial charge in [-0.15, -0.1) is 0 Å². The van der Waals surface area contributed by atoms with Crippen LogP contribution in [0.5, 0.6) is 0 Å². The molecule has 0 aromatic heterocycles. The molecule has 0 unspecified atom stereocenters. The van der Waals surface area contributed by atoms with Gasteiger partial charge in [-0.25, -0.2) is 0 Å². The minimum atomic E-state index is 0.0582. The molecule has 1 heterocycles. The number of anilines is 2. The van der Waals surface area contributed by atoms with Gasteiger partial charge in [0.25, 0.3) is 0 Å². The van der Waals surface area contributed by atoms with E-state index >= 15 is 0 Å².